The average Bonchev–Trinajstić information content (AvgIpc) is 2.52. The Balaban J connectivity index is 2.01. The Kier molecular flexibility index (Phi) is 5.15. The van der Waals surface area contributed by atoms with Gasteiger partial charge in [-0.25, -0.2) is 13.4 Å². The van der Waals surface area contributed by atoms with Crippen molar-refractivity contribution in [3.63, 3.8) is 0 Å². The minimum absolute atomic E-state index is 0.0848. The summed E-state index contributed by atoms with van der Waals surface area (Å²) in [4.78, 5) is 4.67. The summed E-state index contributed by atoms with van der Waals surface area (Å²) >= 11 is 0. The van der Waals surface area contributed by atoms with Crippen molar-refractivity contribution in [2.45, 2.75) is 24.4 Å². The normalized spacial score (nSPS) is 12.9. The Morgan fingerprint density at radius 1 is 1.18 bits per heavy atom. The first-order chi connectivity index (χ1) is 10.4. The van der Waals surface area contributed by atoms with E-state index in [-0.39, 0.29) is 6.04 Å². The summed E-state index contributed by atoms with van der Waals surface area (Å²) in [5.41, 5.74) is 1.91. The molecular formula is C16H20N2O3S. The van der Waals surface area contributed by atoms with E-state index in [9.17, 15) is 8.42 Å². The summed E-state index contributed by atoms with van der Waals surface area (Å²) in [6.45, 7) is 2.63. The van der Waals surface area contributed by atoms with Crippen molar-refractivity contribution in [3.05, 3.63) is 53.7 Å². The van der Waals surface area contributed by atoms with Gasteiger partial charge in [-0.1, -0.05) is 18.2 Å². The highest BCUT2D eigenvalue weighted by Crippen LogP contribution is 2.17. The molecule has 1 aromatic carbocycles. The van der Waals surface area contributed by atoms with Crippen molar-refractivity contribution in [1.82, 2.24) is 10.3 Å². The summed E-state index contributed by atoms with van der Waals surface area (Å²) in [7, 11) is -1.56. The van der Waals surface area contributed by atoms with Crippen LogP contribution in [-0.4, -0.2) is 26.8 Å². The highest BCUT2D eigenvalue weighted by molar-refractivity contribution is 7.90. The van der Waals surface area contributed by atoms with E-state index >= 15 is 0 Å². The van der Waals surface area contributed by atoms with Crippen LogP contribution in [0.3, 0.4) is 0 Å². The van der Waals surface area contributed by atoms with Gasteiger partial charge < -0.3 is 10.1 Å². The van der Waals surface area contributed by atoms with Crippen LogP contribution in [0.2, 0.25) is 0 Å². The van der Waals surface area contributed by atoms with E-state index in [0.29, 0.717) is 17.3 Å². The molecule has 0 spiro atoms. The second-order valence-electron chi connectivity index (χ2n) is 5.12. The molecule has 0 amide bonds. The lowest BCUT2D eigenvalue weighted by molar-refractivity contribution is 0.395. The predicted molar refractivity (Wildman–Crippen MR) is 85.6 cm³/mol. The zero-order chi connectivity index (χ0) is 16.2. The van der Waals surface area contributed by atoms with Crippen LogP contribution in [0.1, 0.15) is 24.2 Å². The summed E-state index contributed by atoms with van der Waals surface area (Å²) in [5, 5.41) is 3.36. The first-order valence-electron chi connectivity index (χ1n) is 6.93. The van der Waals surface area contributed by atoms with Crippen LogP contribution in [0, 0.1) is 0 Å². The number of sulfone groups is 1. The molecule has 0 unspecified atom stereocenters. The van der Waals surface area contributed by atoms with Crippen LogP contribution in [0.4, 0.5) is 0 Å². The second-order valence-corrected chi connectivity index (χ2v) is 7.13. The number of methoxy groups -OCH3 is 1. The number of rotatable bonds is 6. The van der Waals surface area contributed by atoms with E-state index in [4.69, 9.17) is 4.74 Å². The highest BCUT2D eigenvalue weighted by atomic mass is 32.2. The number of pyridine rings is 1. The van der Waals surface area contributed by atoms with Crippen LogP contribution in [-0.2, 0) is 16.4 Å². The lowest BCUT2D eigenvalue weighted by Gasteiger charge is -2.14. The van der Waals surface area contributed by atoms with Crippen molar-refractivity contribution < 1.29 is 13.2 Å². The number of nitrogens with one attached hydrogen (secondary N) is 1. The smallest absolute Gasteiger partial charge is 0.213 e. The van der Waals surface area contributed by atoms with E-state index in [0.717, 1.165) is 11.3 Å². The summed E-state index contributed by atoms with van der Waals surface area (Å²) in [6, 6.07) is 12.6. The molecule has 0 bridgehead atoms. The topological polar surface area (TPSA) is 68.3 Å². The molecule has 1 N–H and O–H groups in total. The molecule has 0 aliphatic heterocycles. The van der Waals surface area contributed by atoms with Gasteiger partial charge in [-0.05, 0) is 30.7 Å². The molecule has 6 heteroatoms. The van der Waals surface area contributed by atoms with Crippen molar-refractivity contribution in [2.24, 2.45) is 0 Å². The quantitative estimate of drug-likeness (QED) is 0.885. The number of aromatic nitrogens is 1. The Bertz CT molecular complexity index is 727. The molecule has 0 aliphatic rings. The van der Waals surface area contributed by atoms with Crippen LogP contribution in [0.25, 0.3) is 0 Å². The first-order valence-corrected chi connectivity index (χ1v) is 8.82. The number of hydrogen-bond donors (Lipinski definition) is 1. The third kappa shape index (κ3) is 4.29. The van der Waals surface area contributed by atoms with Crippen LogP contribution >= 0.6 is 0 Å². The van der Waals surface area contributed by atoms with Crippen LogP contribution in [0.5, 0.6) is 5.88 Å². The van der Waals surface area contributed by atoms with E-state index in [1.807, 2.05) is 31.2 Å². The molecule has 0 saturated carbocycles. The van der Waals surface area contributed by atoms with Gasteiger partial charge in [0.25, 0.3) is 0 Å². The third-order valence-electron chi connectivity index (χ3n) is 3.39. The van der Waals surface area contributed by atoms with Crippen LogP contribution < -0.4 is 10.1 Å². The molecule has 1 atom stereocenters. The minimum Gasteiger partial charge on any atom is -0.481 e. The van der Waals surface area contributed by atoms with Crippen molar-refractivity contribution in [2.75, 3.05) is 13.4 Å². The van der Waals surface area contributed by atoms with Crippen molar-refractivity contribution in [1.29, 1.82) is 0 Å². The fourth-order valence-corrected chi connectivity index (χ4v) is 2.68. The number of benzene rings is 1. The van der Waals surface area contributed by atoms with Crippen LogP contribution in [0.15, 0.2) is 47.4 Å². The van der Waals surface area contributed by atoms with Gasteiger partial charge in [-0.2, -0.15) is 0 Å². The second kappa shape index (κ2) is 6.89. The molecular weight excluding hydrogens is 300 g/mol. The fourth-order valence-electron chi connectivity index (χ4n) is 2.05. The lowest BCUT2D eigenvalue weighted by Crippen LogP contribution is -2.18. The van der Waals surface area contributed by atoms with Crippen molar-refractivity contribution >= 4 is 9.84 Å². The van der Waals surface area contributed by atoms with Gasteiger partial charge in [0.1, 0.15) is 0 Å². The summed E-state index contributed by atoms with van der Waals surface area (Å²) < 4.78 is 28.0. The molecule has 22 heavy (non-hydrogen) atoms. The SMILES string of the molecule is COc1cccc(CN[C@@H](C)c2ccc(S(C)(=O)=O)cc2)n1. The maximum Gasteiger partial charge on any atom is 0.213 e. The van der Waals surface area contributed by atoms with Gasteiger partial charge in [0.15, 0.2) is 9.84 Å². The van der Waals surface area contributed by atoms with Crippen molar-refractivity contribution in [3.8, 4) is 5.88 Å². The third-order valence-corrected chi connectivity index (χ3v) is 4.52. The molecule has 1 heterocycles. The Morgan fingerprint density at radius 3 is 2.45 bits per heavy atom. The first kappa shape index (κ1) is 16.5. The Morgan fingerprint density at radius 2 is 1.86 bits per heavy atom. The minimum atomic E-state index is -3.15. The summed E-state index contributed by atoms with van der Waals surface area (Å²) in [5.74, 6) is 0.587. The monoisotopic (exact) mass is 320 g/mol. The number of hydrogen-bond acceptors (Lipinski definition) is 5. The lowest BCUT2D eigenvalue weighted by atomic mass is 10.1. The predicted octanol–water partition coefficient (Wildman–Crippen LogP) is 2.34. The summed E-state index contributed by atoms with van der Waals surface area (Å²) in [6.07, 6.45) is 1.21. The molecule has 0 fully saturated rings. The van der Waals surface area contributed by atoms with Gasteiger partial charge in [0, 0.05) is 24.9 Å². The van der Waals surface area contributed by atoms with Gasteiger partial charge >= 0.3 is 0 Å². The Hall–Kier alpha value is -1.92. The number of nitrogens with zero attached hydrogens (tertiary/aromatic N) is 1. The average molecular weight is 320 g/mol. The maximum atomic E-state index is 11.4. The van der Waals surface area contributed by atoms with Gasteiger partial charge in [-0.15, -0.1) is 0 Å². The van der Waals surface area contributed by atoms with E-state index in [1.165, 1.54) is 6.26 Å². The van der Waals surface area contributed by atoms with E-state index < -0.39 is 9.84 Å². The molecule has 1 aromatic heterocycles. The zero-order valence-electron chi connectivity index (χ0n) is 12.9. The zero-order valence-corrected chi connectivity index (χ0v) is 13.7. The molecule has 0 saturated heterocycles. The number of ether oxygens (including phenoxy) is 1. The molecule has 2 aromatic rings. The molecule has 118 valence electrons. The standard InChI is InChI=1S/C16H20N2O3S/c1-12(13-7-9-15(10-8-13)22(3,19)20)17-11-14-5-4-6-16(18-14)21-2/h4-10,12,17H,11H2,1-3H3/t12-/m0/s1. The largest absolute Gasteiger partial charge is 0.481 e. The molecule has 2 rings (SSSR count). The van der Waals surface area contributed by atoms with E-state index in [1.54, 1.807) is 25.3 Å². The highest BCUT2D eigenvalue weighted by Gasteiger charge is 2.09. The molecule has 0 radical (unpaired) electrons. The van der Waals surface area contributed by atoms with Gasteiger partial charge in [0.2, 0.25) is 5.88 Å². The van der Waals surface area contributed by atoms with Gasteiger partial charge in [-0.3, -0.25) is 0 Å². The molecule has 0 aliphatic carbocycles. The fraction of sp³-hybridized carbons (Fsp3) is 0.312. The van der Waals surface area contributed by atoms with Gasteiger partial charge in [0.05, 0.1) is 17.7 Å². The van der Waals surface area contributed by atoms with E-state index in [2.05, 4.69) is 10.3 Å². The molecule has 5 nitrogen and oxygen atoms in total. The Labute approximate surface area is 131 Å². The maximum absolute atomic E-state index is 11.4.